The number of amides is 2. The summed E-state index contributed by atoms with van der Waals surface area (Å²) >= 11 is 3.31. The van der Waals surface area contributed by atoms with Crippen molar-refractivity contribution in [3.05, 3.63) is 68.7 Å². The highest BCUT2D eigenvalue weighted by atomic mass is 79.9. The number of carbonyl (C=O) groups excluding carboxylic acids is 2. The SMILES string of the molecule is O=C1[C@H]2C(c3cccc([N+](=O)[O-])c3)=NO[C@H]2C(=O)N1c1cccc(Br)c1. The molecule has 0 aliphatic carbocycles. The molecule has 9 heteroatoms. The lowest BCUT2D eigenvalue weighted by atomic mass is 9.94. The predicted molar refractivity (Wildman–Crippen MR) is 94.6 cm³/mol. The summed E-state index contributed by atoms with van der Waals surface area (Å²) in [5.41, 5.74) is 0.888. The van der Waals surface area contributed by atoms with Crippen molar-refractivity contribution in [3.8, 4) is 0 Å². The number of hydrogen-bond acceptors (Lipinski definition) is 6. The summed E-state index contributed by atoms with van der Waals surface area (Å²) in [4.78, 5) is 42.3. The number of oxime groups is 1. The van der Waals surface area contributed by atoms with Crippen molar-refractivity contribution in [1.29, 1.82) is 0 Å². The fraction of sp³-hybridized carbons (Fsp3) is 0.118. The monoisotopic (exact) mass is 415 g/mol. The minimum absolute atomic E-state index is 0.130. The van der Waals surface area contributed by atoms with Gasteiger partial charge in [0, 0.05) is 22.2 Å². The van der Waals surface area contributed by atoms with E-state index in [0.29, 0.717) is 11.3 Å². The molecule has 2 aliphatic heterocycles. The molecule has 0 spiro atoms. The van der Waals surface area contributed by atoms with Crippen molar-refractivity contribution >= 4 is 44.8 Å². The largest absolute Gasteiger partial charge is 0.381 e. The molecule has 8 nitrogen and oxygen atoms in total. The van der Waals surface area contributed by atoms with Crippen LogP contribution in [0.4, 0.5) is 11.4 Å². The van der Waals surface area contributed by atoms with Crippen molar-refractivity contribution in [2.45, 2.75) is 6.10 Å². The number of nitro groups is 1. The van der Waals surface area contributed by atoms with Crippen LogP contribution in [0, 0.1) is 16.0 Å². The Labute approximate surface area is 155 Å². The van der Waals surface area contributed by atoms with Gasteiger partial charge in [-0.15, -0.1) is 0 Å². The fourth-order valence-corrected chi connectivity index (χ4v) is 3.45. The van der Waals surface area contributed by atoms with Crippen LogP contribution in [0.1, 0.15) is 5.56 Å². The maximum atomic E-state index is 12.9. The molecule has 130 valence electrons. The summed E-state index contributed by atoms with van der Waals surface area (Å²) in [6, 6.07) is 12.5. The van der Waals surface area contributed by atoms with Gasteiger partial charge in [-0.05, 0) is 18.2 Å². The highest BCUT2D eigenvalue weighted by Gasteiger charge is 2.56. The first kappa shape index (κ1) is 16.4. The van der Waals surface area contributed by atoms with E-state index in [9.17, 15) is 19.7 Å². The van der Waals surface area contributed by atoms with E-state index >= 15 is 0 Å². The van der Waals surface area contributed by atoms with Crippen LogP contribution in [0.3, 0.4) is 0 Å². The first-order valence-electron chi connectivity index (χ1n) is 7.59. The molecule has 1 fully saturated rings. The Morgan fingerprint density at radius 1 is 1.12 bits per heavy atom. The topological polar surface area (TPSA) is 102 Å². The van der Waals surface area contributed by atoms with Crippen LogP contribution in [0.15, 0.2) is 58.2 Å². The molecule has 0 radical (unpaired) electrons. The van der Waals surface area contributed by atoms with E-state index < -0.39 is 28.8 Å². The van der Waals surface area contributed by atoms with Crippen LogP contribution in [-0.4, -0.2) is 28.6 Å². The number of carbonyl (C=O) groups is 2. The minimum atomic E-state index is -1.06. The molecule has 4 rings (SSSR count). The zero-order chi connectivity index (χ0) is 18.4. The van der Waals surface area contributed by atoms with Crippen LogP contribution >= 0.6 is 15.9 Å². The third kappa shape index (κ3) is 2.48. The number of nitro benzene ring substituents is 1. The number of non-ortho nitro benzene ring substituents is 1. The summed E-state index contributed by atoms with van der Waals surface area (Å²) < 4.78 is 0.723. The highest BCUT2D eigenvalue weighted by Crippen LogP contribution is 2.36. The van der Waals surface area contributed by atoms with E-state index in [0.717, 1.165) is 9.37 Å². The van der Waals surface area contributed by atoms with Crippen molar-refractivity contribution in [3.63, 3.8) is 0 Å². The second-order valence-corrected chi connectivity index (χ2v) is 6.70. The van der Waals surface area contributed by atoms with Crippen LogP contribution in [0.2, 0.25) is 0 Å². The second kappa shape index (κ2) is 6.03. The summed E-state index contributed by atoms with van der Waals surface area (Å²) in [6.45, 7) is 0. The quantitative estimate of drug-likeness (QED) is 0.435. The van der Waals surface area contributed by atoms with Crippen LogP contribution in [0.5, 0.6) is 0 Å². The number of fused-ring (bicyclic) bond motifs is 1. The van der Waals surface area contributed by atoms with E-state index in [-0.39, 0.29) is 11.4 Å². The Balaban J connectivity index is 1.71. The standard InChI is InChI=1S/C17H10BrN3O5/c18-10-4-2-5-11(8-10)20-16(22)13-14(19-26-15(13)17(20)23)9-3-1-6-12(7-9)21(24)25/h1-8,13,15H/t13-,15+/m0/s1. The molecular weight excluding hydrogens is 406 g/mol. The molecule has 0 N–H and O–H groups in total. The van der Waals surface area contributed by atoms with Gasteiger partial charge >= 0.3 is 0 Å². The molecule has 26 heavy (non-hydrogen) atoms. The third-order valence-electron chi connectivity index (χ3n) is 4.23. The molecule has 1 saturated heterocycles. The molecule has 0 aromatic heterocycles. The van der Waals surface area contributed by atoms with E-state index in [4.69, 9.17) is 4.84 Å². The molecule has 2 heterocycles. The fourth-order valence-electron chi connectivity index (χ4n) is 3.06. The van der Waals surface area contributed by atoms with E-state index in [2.05, 4.69) is 21.1 Å². The molecule has 2 aromatic rings. The second-order valence-electron chi connectivity index (χ2n) is 5.78. The number of nitrogens with zero attached hydrogens (tertiary/aromatic N) is 3. The zero-order valence-corrected chi connectivity index (χ0v) is 14.6. The van der Waals surface area contributed by atoms with E-state index in [1.54, 1.807) is 30.3 Å². The van der Waals surface area contributed by atoms with Gasteiger partial charge in [-0.2, -0.15) is 0 Å². The molecule has 2 aliphatic rings. The van der Waals surface area contributed by atoms with Gasteiger partial charge in [0.1, 0.15) is 11.6 Å². The third-order valence-corrected chi connectivity index (χ3v) is 4.72. The normalized spacial score (nSPS) is 21.4. The van der Waals surface area contributed by atoms with E-state index in [1.165, 1.54) is 18.2 Å². The van der Waals surface area contributed by atoms with Gasteiger partial charge < -0.3 is 4.84 Å². The van der Waals surface area contributed by atoms with Crippen LogP contribution < -0.4 is 4.90 Å². The molecule has 2 atom stereocenters. The Bertz CT molecular complexity index is 990. The highest BCUT2D eigenvalue weighted by molar-refractivity contribution is 9.10. The van der Waals surface area contributed by atoms with Crippen molar-refractivity contribution in [2.75, 3.05) is 4.90 Å². The molecule has 0 saturated carbocycles. The average Bonchev–Trinajstić information content (AvgIpc) is 3.16. The Morgan fingerprint density at radius 2 is 1.88 bits per heavy atom. The Hall–Kier alpha value is -3.07. The van der Waals surface area contributed by atoms with Gasteiger partial charge in [-0.3, -0.25) is 19.7 Å². The van der Waals surface area contributed by atoms with Gasteiger partial charge in [0.05, 0.1) is 10.6 Å². The lowest BCUT2D eigenvalue weighted by Gasteiger charge is -2.15. The van der Waals surface area contributed by atoms with Gasteiger partial charge in [0.25, 0.3) is 11.6 Å². The molecule has 0 bridgehead atoms. The van der Waals surface area contributed by atoms with Crippen LogP contribution in [0.25, 0.3) is 0 Å². The first-order chi connectivity index (χ1) is 12.5. The number of halogens is 1. The van der Waals surface area contributed by atoms with Crippen molar-refractivity contribution in [2.24, 2.45) is 11.1 Å². The molecular formula is C17H10BrN3O5. The van der Waals surface area contributed by atoms with Gasteiger partial charge in [0.15, 0.2) is 0 Å². The zero-order valence-electron chi connectivity index (χ0n) is 13.0. The smallest absolute Gasteiger partial charge is 0.278 e. The Morgan fingerprint density at radius 3 is 2.62 bits per heavy atom. The number of benzene rings is 2. The van der Waals surface area contributed by atoms with Crippen molar-refractivity contribution in [1.82, 2.24) is 0 Å². The number of anilines is 1. The van der Waals surface area contributed by atoms with Crippen LogP contribution in [-0.2, 0) is 14.4 Å². The average molecular weight is 416 g/mol. The molecule has 0 unspecified atom stereocenters. The summed E-state index contributed by atoms with van der Waals surface area (Å²) in [7, 11) is 0. The van der Waals surface area contributed by atoms with Gasteiger partial charge in [-0.25, -0.2) is 4.90 Å². The maximum absolute atomic E-state index is 12.9. The van der Waals surface area contributed by atoms with Gasteiger partial charge in [0.2, 0.25) is 12.0 Å². The summed E-state index contributed by atoms with van der Waals surface area (Å²) in [5.74, 6) is -1.91. The predicted octanol–water partition coefficient (Wildman–Crippen LogP) is 2.65. The number of rotatable bonds is 3. The summed E-state index contributed by atoms with van der Waals surface area (Å²) in [5, 5.41) is 14.8. The number of imide groups is 1. The lowest BCUT2D eigenvalue weighted by molar-refractivity contribution is -0.384. The minimum Gasteiger partial charge on any atom is -0.381 e. The maximum Gasteiger partial charge on any atom is 0.278 e. The molecule has 2 amide bonds. The summed E-state index contributed by atoms with van der Waals surface area (Å²) in [6.07, 6.45) is -1.06. The lowest BCUT2D eigenvalue weighted by Crippen LogP contribution is -2.33. The first-order valence-corrected chi connectivity index (χ1v) is 8.38. The van der Waals surface area contributed by atoms with Gasteiger partial charge in [-0.1, -0.05) is 39.3 Å². The number of hydrogen-bond donors (Lipinski definition) is 0. The molecule has 2 aromatic carbocycles. The van der Waals surface area contributed by atoms with Crippen molar-refractivity contribution < 1.29 is 19.3 Å². The van der Waals surface area contributed by atoms with E-state index in [1.807, 2.05) is 0 Å². The Kier molecular flexibility index (Phi) is 3.80.